The molecule has 0 radical (unpaired) electrons. The molecule has 3 rings (SSSR count). The molecular weight excluding hydrogens is 326 g/mol. The van der Waals surface area contributed by atoms with Crippen molar-refractivity contribution in [2.24, 2.45) is 0 Å². The number of nitrogens with zero attached hydrogens (tertiary/aromatic N) is 3. The first-order valence-electron chi connectivity index (χ1n) is 7.76. The summed E-state index contributed by atoms with van der Waals surface area (Å²) in [7, 11) is 0. The number of carboxylic acid groups (broad SMARTS) is 1. The maximum Gasteiger partial charge on any atom is 0.339 e. The van der Waals surface area contributed by atoms with Crippen molar-refractivity contribution in [1.82, 2.24) is 14.7 Å². The molecular formula is C17H19N3O3S. The van der Waals surface area contributed by atoms with E-state index in [9.17, 15) is 9.59 Å². The molecule has 0 spiro atoms. The van der Waals surface area contributed by atoms with Gasteiger partial charge >= 0.3 is 5.97 Å². The first-order chi connectivity index (χ1) is 11.5. The van der Waals surface area contributed by atoms with Crippen molar-refractivity contribution in [3.63, 3.8) is 0 Å². The molecule has 1 aliphatic rings. The molecule has 1 amide bonds. The zero-order valence-corrected chi connectivity index (χ0v) is 14.4. The van der Waals surface area contributed by atoms with Crippen molar-refractivity contribution < 1.29 is 14.7 Å². The largest absolute Gasteiger partial charge is 0.478 e. The fourth-order valence-corrected chi connectivity index (χ4v) is 3.82. The fraction of sp³-hybridized carbons (Fsp3) is 0.353. The van der Waals surface area contributed by atoms with Crippen molar-refractivity contribution in [1.29, 1.82) is 0 Å². The second-order valence-electron chi connectivity index (χ2n) is 5.84. The van der Waals surface area contributed by atoms with Gasteiger partial charge in [0, 0.05) is 29.7 Å². The van der Waals surface area contributed by atoms with Gasteiger partial charge in [-0.3, -0.25) is 4.79 Å². The van der Waals surface area contributed by atoms with Crippen LogP contribution in [0.2, 0.25) is 0 Å². The molecule has 0 unspecified atom stereocenters. The summed E-state index contributed by atoms with van der Waals surface area (Å²) in [5.41, 5.74) is 2.11. The summed E-state index contributed by atoms with van der Waals surface area (Å²) in [4.78, 5) is 25.6. The highest BCUT2D eigenvalue weighted by Gasteiger charge is 2.22. The lowest BCUT2D eigenvalue weighted by molar-refractivity contribution is 0.0695. The molecule has 24 heavy (non-hydrogen) atoms. The fourth-order valence-electron chi connectivity index (χ4n) is 2.81. The monoisotopic (exact) mass is 345 g/mol. The Morgan fingerprint density at radius 2 is 2.00 bits per heavy atom. The molecule has 1 aliphatic heterocycles. The zero-order valence-electron chi connectivity index (χ0n) is 13.6. The molecule has 1 fully saturated rings. The number of amides is 1. The molecule has 7 heteroatoms. The minimum absolute atomic E-state index is 0.0390. The van der Waals surface area contributed by atoms with Crippen molar-refractivity contribution in [2.45, 2.75) is 19.1 Å². The number of aromatic nitrogens is 2. The average Bonchev–Trinajstić information content (AvgIpc) is 2.96. The number of rotatable bonds is 3. The quantitative estimate of drug-likeness (QED) is 0.925. The predicted octanol–water partition coefficient (Wildman–Crippen LogP) is 2.46. The number of carbonyl (C=O) groups excluding carboxylic acids is 1. The highest BCUT2D eigenvalue weighted by atomic mass is 32.2. The van der Waals surface area contributed by atoms with E-state index in [1.807, 2.05) is 16.7 Å². The average molecular weight is 345 g/mol. The van der Waals surface area contributed by atoms with E-state index in [-0.39, 0.29) is 11.5 Å². The zero-order chi connectivity index (χ0) is 17.3. The van der Waals surface area contributed by atoms with Gasteiger partial charge in [0.1, 0.15) is 5.56 Å². The highest BCUT2D eigenvalue weighted by Crippen LogP contribution is 2.20. The smallest absolute Gasteiger partial charge is 0.339 e. The molecule has 0 bridgehead atoms. The van der Waals surface area contributed by atoms with E-state index in [1.165, 1.54) is 6.20 Å². The van der Waals surface area contributed by atoms with Crippen LogP contribution in [0, 0.1) is 6.92 Å². The molecule has 6 nitrogen and oxygen atoms in total. The van der Waals surface area contributed by atoms with Gasteiger partial charge in [-0.2, -0.15) is 16.9 Å². The number of carbonyl (C=O) groups is 2. The van der Waals surface area contributed by atoms with E-state index in [0.29, 0.717) is 16.5 Å². The van der Waals surface area contributed by atoms with E-state index in [0.717, 1.165) is 24.5 Å². The van der Waals surface area contributed by atoms with E-state index in [1.54, 1.807) is 35.9 Å². The SMILES string of the molecule is Cc1c(C(=O)O)cnn1-c1ccc(C(=O)N2CCS[C@@H](C)C2)cc1. The number of thioether (sulfide) groups is 1. The Bertz CT molecular complexity index is 770. The van der Waals surface area contributed by atoms with Gasteiger partial charge in [0.05, 0.1) is 17.6 Å². The number of hydrogen-bond acceptors (Lipinski definition) is 4. The Balaban J connectivity index is 1.80. The molecule has 2 heterocycles. The lowest BCUT2D eigenvalue weighted by atomic mass is 10.1. The summed E-state index contributed by atoms with van der Waals surface area (Å²) in [5.74, 6) is 0.00913. The predicted molar refractivity (Wildman–Crippen MR) is 93.1 cm³/mol. The molecule has 1 aromatic carbocycles. The van der Waals surface area contributed by atoms with Crippen molar-refractivity contribution in [3.8, 4) is 5.69 Å². The van der Waals surface area contributed by atoms with Crippen molar-refractivity contribution in [2.75, 3.05) is 18.8 Å². The van der Waals surface area contributed by atoms with Crippen LogP contribution in [0.15, 0.2) is 30.5 Å². The van der Waals surface area contributed by atoms with E-state index in [2.05, 4.69) is 12.0 Å². The lowest BCUT2D eigenvalue weighted by Crippen LogP contribution is -2.41. The standard InChI is InChI=1S/C17H19N3O3S/c1-11-10-19(7-8-24-11)16(21)13-3-5-14(6-4-13)20-12(2)15(9-18-20)17(22)23/h3-6,9,11H,7-8,10H2,1-2H3,(H,22,23)/t11-/m0/s1. The maximum atomic E-state index is 12.6. The van der Waals surface area contributed by atoms with E-state index >= 15 is 0 Å². The minimum Gasteiger partial charge on any atom is -0.478 e. The van der Waals surface area contributed by atoms with Crippen LogP contribution in [-0.2, 0) is 0 Å². The second-order valence-corrected chi connectivity index (χ2v) is 7.39. The molecule has 2 aromatic rings. The van der Waals surface area contributed by atoms with Gasteiger partial charge in [-0.05, 0) is 31.2 Å². The van der Waals surface area contributed by atoms with Gasteiger partial charge in [-0.25, -0.2) is 9.48 Å². The molecule has 1 N–H and O–H groups in total. The van der Waals surface area contributed by atoms with Crippen LogP contribution < -0.4 is 0 Å². The van der Waals surface area contributed by atoms with Crippen LogP contribution in [0.3, 0.4) is 0 Å². The van der Waals surface area contributed by atoms with Crippen molar-refractivity contribution >= 4 is 23.6 Å². The van der Waals surface area contributed by atoms with Crippen LogP contribution in [0.5, 0.6) is 0 Å². The minimum atomic E-state index is -0.998. The number of carboxylic acids is 1. The van der Waals surface area contributed by atoms with Gasteiger partial charge in [0.25, 0.3) is 5.91 Å². The van der Waals surface area contributed by atoms with Gasteiger partial charge in [0.15, 0.2) is 0 Å². The molecule has 0 saturated carbocycles. The molecule has 1 aromatic heterocycles. The van der Waals surface area contributed by atoms with Crippen LogP contribution >= 0.6 is 11.8 Å². The summed E-state index contributed by atoms with van der Waals surface area (Å²) in [6, 6.07) is 7.12. The number of benzene rings is 1. The summed E-state index contributed by atoms with van der Waals surface area (Å²) < 4.78 is 1.57. The summed E-state index contributed by atoms with van der Waals surface area (Å²) in [5, 5.41) is 13.7. The van der Waals surface area contributed by atoms with E-state index < -0.39 is 5.97 Å². The molecule has 0 aliphatic carbocycles. The van der Waals surface area contributed by atoms with Crippen LogP contribution in [0.4, 0.5) is 0 Å². The Morgan fingerprint density at radius 3 is 2.58 bits per heavy atom. The normalized spacial score (nSPS) is 17.8. The van der Waals surface area contributed by atoms with Crippen LogP contribution in [0.1, 0.15) is 33.3 Å². The second kappa shape index (κ2) is 6.68. The lowest BCUT2D eigenvalue weighted by Gasteiger charge is -2.30. The summed E-state index contributed by atoms with van der Waals surface area (Å²) in [6.07, 6.45) is 1.34. The van der Waals surface area contributed by atoms with Gasteiger partial charge in [0.2, 0.25) is 0 Å². The van der Waals surface area contributed by atoms with Crippen LogP contribution in [-0.4, -0.2) is 55.8 Å². The highest BCUT2D eigenvalue weighted by molar-refractivity contribution is 7.99. The Hall–Kier alpha value is -2.28. The maximum absolute atomic E-state index is 12.6. The Labute approximate surface area is 144 Å². The topological polar surface area (TPSA) is 75.4 Å². The Morgan fingerprint density at radius 1 is 1.29 bits per heavy atom. The first kappa shape index (κ1) is 16.6. The third-order valence-corrected chi connectivity index (χ3v) is 5.26. The third kappa shape index (κ3) is 3.17. The van der Waals surface area contributed by atoms with Crippen LogP contribution in [0.25, 0.3) is 5.69 Å². The van der Waals surface area contributed by atoms with E-state index in [4.69, 9.17) is 5.11 Å². The molecule has 1 atom stereocenters. The molecule has 1 saturated heterocycles. The number of aromatic carboxylic acids is 1. The van der Waals surface area contributed by atoms with Crippen molar-refractivity contribution in [3.05, 3.63) is 47.3 Å². The van der Waals surface area contributed by atoms with Gasteiger partial charge in [-0.1, -0.05) is 6.92 Å². The third-order valence-electron chi connectivity index (χ3n) is 4.13. The first-order valence-corrected chi connectivity index (χ1v) is 8.81. The Kier molecular flexibility index (Phi) is 4.62. The van der Waals surface area contributed by atoms with Gasteiger partial charge < -0.3 is 10.0 Å². The summed E-state index contributed by atoms with van der Waals surface area (Å²) in [6.45, 7) is 5.39. The van der Waals surface area contributed by atoms with Gasteiger partial charge in [-0.15, -0.1) is 0 Å². The molecule has 126 valence electrons. The number of hydrogen-bond donors (Lipinski definition) is 1. The summed E-state index contributed by atoms with van der Waals surface area (Å²) >= 11 is 1.89.